The maximum absolute atomic E-state index is 11.8. The van der Waals surface area contributed by atoms with Crippen molar-refractivity contribution in [3.63, 3.8) is 0 Å². The molecule has 1 aromatic rings. The molecule has 0 atom stereocenters. The number of ether oxygens (including phenoxy) is 1. The number of benzene rings is 1. The zero-order chi connectivity index (χ0) is 12.3. The summed E-state index contributed by atoms with van der Waals surface area (Å²) in [6.07, 6.45) is 0. The van der Waals surface area contributed by atoms with Gasteiger partial charge >= 0.3 is 0 Å². The lowest BCUT2D eigenvalue weighted by molar-refractivity contribution is -0.121. The highest BCUT2D eigenvalue weighted by Gasteiger charge is 2.24. The van der Waals surface area contributed by atoms with Crippen molar-refractivity contribution in [2.45, 2.75) is 13.8 Å². The van der Waals surface area contributed by atoms with E-state index in [1.807, 2.05) is 32.0 Å². The summed E-state index contributed by atoms with van der Waals surface area (Å²) in [5.41, 5.74) is 1.89. The average molecular weight is 234 g/mol. The highest BCUT2D eigenvalue weighted by molar-refractivity contribution is 5.94. The van der Waals surface area contributed by atoms with Crippen LogP contribution in [0.15, 0.2) is 18.2 Å². The highest BCUT2D eigenvalue weighted by atomic mass is 16.5. The van der Waals surface area contributed by atoms with Crippen molar-refractivity contribution < 1.29 is 9.53 Å². The zero-order valence-corrected chi connectivity index (χ0v) is 10.2. The van der Waals surface area contributed by atoms with Crippen LogP contribution in [0.3, 0.4) is 0 Å². The normalized spacial score (nSPS) is 15.2. The van der Waals surface area contributed by atoms with Crippen molar-refractivity contribution in [2.75, 3.05) is 25.0 Å². The van der Waals surface area contributed by atoms with Gasteiger partial charge < -0.3 is 15.4 Å². The second-order valence-corrected chi connectivity index (χ2v) is 4.25. The molecule has 1 aromatic carbocycles. The monoisotopic (exact) mass is 234 g/mol. The number of nitrogens with one attached hydrogen (secondary N) is 2. The molecule has 2 N–H and O–H groups in total. The van der Waals surface area contributed by atoms with E-state index in [-0.39, 0.29) is 11.8 Å². The molecule has 0 bridgehead atoms. The quantitative estimate of drug-likeness (QED) is 0.831. The van der Waals surface area contributed by atoms with Crippen LogP contribution >= 0.6 is 0 Å². The summed E-state index contributed by atoms with van der Waals surface area (Å²) >= 11 is 0. The van der Waals surface area contributed by atoms with Gasteiger partial charge in [0.2, 0.25) is 5.91 Å². The van der Waals surface area contributed by atoms with Gasteiger partial charge in [-0.1, -0.05) is 0 Å². The fourth-order valence-corrected chi connectivity index (χ4v) is 1.74. The van der Waals surface area contributed by atoms with Crippen LogP contribution in [0.2, 0.25) is 0 Å². The molecule has 0 aliphatic carbocycles. The summed E-state index contributed by atoms with van der Waals surface area (Å²) in [4.78, 5) is 11.8. The Kier molecular flexibility index (Phi) is 3.64. The SMILES string of the molecule is CCOc1ccc(NC(=O)C2CNC2)c(C)c1. The molecule has 2 rings (SSSR count). The third-order valence-electron chi connectivity index (χ3n) is 2.92. The molecule has 92 valence electrons. The lowest BCUT2D eigenvalue weighted by Gasteiger charge is -2.26. The van der Waals surface area contributed by atoms with Crippen LogP contribution in [0, 0.1) is 12.8 Å². The molecule has 4 heteroatoms. The summed E-state index contributed by atoms with van der Waals surface area (Å²) in [5, 5.41) is 6.03. The third-order valence-corrected chi connectivity index (χ3v) is 2.92. The number of amides is 1. The Morgan fingerprint density at radius 1 is 1.53 bits per heavy atom. The van der Waals surface area contributed by atoms with E-state index in [1.54, 1.807) is 0 Å². The van der Waals surface area contributed by atoms with Gasteiger partial charge in [-0.3, -0.25) is 4.79 Å². The van der Waals surface area contributed by atoms with Gasteiger partial charge in [0.05, 0.1) is 12.5 Å². The second-order valence-electron chi connectivity index (χ2n) is 4.25. The molecule has 0 radical (unpaired) electrons. The Bertz CT molecular complexity index is 414. The van der Waals surface area contributed by atoms with Gasteiger partial charge in [-0.15, -0.1) is 0 Å². The van der Waals surface area contributed by atoms with E-state index in [0.717, 1.165) is 30.1 Å². The first-order chi connectivity index (χ1) is 8.20. The molecular weight excluding hydrogens is 216 g/mol. The molecule has 0 saturated carbocycles. The molecule has 0 spiro atoms. The molecule has 0 aromatic heterocycles. The van der Waals surface area contributed by atoms with E-state index in [1.165, 1.54) is 0 Å². The van der Waals surface area contributed by atoms with Gasteiger partial charge in [0, 0.05) is 18.8 Å². The van der Waals surface area contributed by atoms with Crippen LogP contribution in [0.5, 0.6) is 5.75 Å². The summed E-state index contributed by atoms with van der Waals surface area (Å²) in [5.74, 6) is 1.05. The number of aryl methyl sites for hydroxylation is 1. The number of rotatable bonds is 4. The standard InChI is InChI=1S/C13H18N2O2/c1-3-17-11-4-5-12(9(2)6-11)15-13(16)10-7-14-8-10/h4-6,10,14H,3,7-8H2,1-2H3,(H,15,16). The Hall–Kier alpha value is -1.55. The third kappa shape index (κ3) is 2.77. The Morgan fingerprint density at radius 2 is 2.29 bits per heavy atom. The fraction of sp³-hybridized carbons (Fsp3) is 0.462. The van der Waals surface area contributed by atoms with Crippen molar-refractivity contribution in [1.82, 2.24) is 5.32 Å². The number of carbonyl (C=O) groups is 1. The summed E-state index contributed by atoms with van der Waals surface area (Å²) in [7, 11) is 0. The van der Waals surface area contributed by atoms with E-state index < -0.39 is 0 Å². The van der Waals surface area contributed by atoms with Crippen molar-refractivity contribution in [1.29, 1.82) is 0 Å². The van der Waals surface area contributed by atoms with Gasteiger partial charge in [0.15, 0.2) is 0 Å². The zero-order valence-electron chi connectivity index (χ0n) is 10.2. The molecule has 1 aliphatic heterocycles. The van der Waals surface area contributed by atoms with Gasteiger partial charge in [0.1, 0.15) is 5.75 Å². The summed E-state index contributed by atoms with van der Waals surface area (Å²) < 4.78 is 5.40. The van der Waals surface area contributed by atoms with E-state index >= 15 is 0 Å². The smallest absolute Gasteiger partial charge is 0.230 e. The molecule has 0 unspecified atom stereocenters. The average Bonchev–Trinajstić information content (AvgIpc) is 2.20. The second kappa shape index (κ2) is 5.19. The van der Waals surface area contributed by atoms with Crippen molar-refractivity contribution in [3.8, 4) is 5.75 Å². The molecule has 17 heavy (non-hydrogen) atoms. The Labute approximate surface area is 101 Å². The van der Waals surface area contributed by atoms with Crippen LogP contribution in [0.1, 0.15) is 12.5 Å². The molecular formula is C13H18N2O2. The predicted octanol–water partition coefficient (Wildman–Crippen LogP) is 1.55. The van der Waals surface area contributed by atoms with Gasteiger partial charge in [-0.25, -0.2) is 0 Å². The maximum atomic E-state index is 11.8. The number of hydrogen-bond acceptors (Lipinski definition) is 3. The van der Waals surface area contributed by atoms with Crippen molar-refractivity contribution >= 4 is 11.6 Å². The van der Waals surface area contributed by atoms with E-state index in [2.05, 4.69) is 10.6 Å². The van der Waals surface area contributed by atoms with E-state index in [9.17, 15) is 4.79 Å². The van der Waals surface area contributed by atoms with Gasteiger partial charge in [0.25, 0.3) is 0 Å². The lowest BCUT2D eigenvalue weighted by Crippen LogP contribution is -2.48. The largest absolute Gasteiger partial charge is 0.494 e. The lowest BCUT2D eigenvalue weighted by atomic mass is 10.0. The van der Waals surface area contributed by atoms with E-state index in [0.29, 0.717) is 6.61 Å². The van der Waals surface area contributed by atoms with Crippen LogP contribution < -0.4 is 15.4 Å². The summed E-state index contributed by atoms with van der Waals surface area (Å²) in [6, 6.07) is 5.72. The van der Waals surface area contributed by atoms with Gasteiger partial charge in [-0.05, 0) is 37.6 Å². The van der Waals surface area contributed by atoms with Crippen molar-refractivity contribution in [2.24, 2.45) is 5.92 Å². The topological polar surface area (TPSA) is 50.4 Å². The molecule has 1 amide bonds. The van der Waals surface area contributed by atoms with Gasteiger partial charge in [-0.2, -0.15) is 0 Å². The Balaban J connectivity index is 2.02. The van der Waals surface area contributed by atoms with Crippen molar-refractivity contribution in [3.05, 3.63) is 23.8 Å². The molecule has 4 nitrogen and oxygen atoms in total. The number of carbonyl (C=O) groups excluding carboxylic acids is 1. The fourth-order valence-electron chi connectivity index (χ4n) is 1.74. The molecule has 1 aliphatic rings. The maximum Gasteiger partial charge on any atom is 0.230 e. The number of anilines is 1. The van der Waals surface area contributed by atoms with Crippen LogP contribution in [-0.4, -0.2) is 25.6 Å². The predicted molar refractivity (Wildman–Crippen MR) is 67.3 cm³/mol. The minimum Gasteiger partial charge on any atom is -0.494 e. The molecule has 1 fully saturated rings. The van der Waals surface area contributed by atoms with Crippen LogP contribution in [0.25, 0.3) is 0 Å². The van der Waals surface area contributed by atoms with Crippen LogP contribution in [0.4, 0.5) is 5.69 Å². The first kappa shape index (κ1) is 11.9. The van der Waals surface area contributed by atoms with Crippen LogP contribution in [-0.2, 0) is 4.79 Å². The number of hydrogen-bond donors (Lipinski definition) is 2. The minimum absolute atomic E-state index is 0.0935. The first-order valence-electron chi connectivity index (χ1n) is 5.95. The molecule has 1 heterocycles. The van der Waals surface area contributed by atoms with E-state index in [4.69, 9.17) is 4.74 Å². The Morgan fingerprint density at radius 3 is 2.82 bits per heavy atom. The minimum atomic E-state index is 0.0935. The summed E-state index contributed by atoms with van der Waals surface area (Å²) in [6.45, 7) is 6.13. The molecule has 1 saturated heterocycles. The highest BCUT2D eigenvalue weighted by Crippen LogP contribution is 2.22. The first-order valence-corrected chi connectivity index (χ1v) is 5.95.